The molecule has 132 valence electrons. The lowest BCUT2D eigenvalue weighted by atomic mass is 10.2. The summed E-state index contributed by atoms with van der Waals surface area (Å²) >= 11 is 0. The number of benzene rings is 2. The van der Waals surface area contributed by atoms with Gasteiger partial charge in [-0.2, -0.15) is 0 Å². The van der Waals surface area contributed by atoms with Crippen molar-refractivity contribution in [3.8, 4) is 5.75 Å². The lowest BCUT2D eigenvalue weighted by Crippen LogP contribution is -2.25. The third-order valence-corrected chi connectivity index (χ3v) is 5.33. The molecule has 0 radical (unpaired) electrons. The van der Waals surface area contributed by atoms with Crippen molar-refractivity contribution in [2.45, 2.75) is 18.2 Å². The quantitative estimate of drug-likeness (QED) is 0.770. The van der Waals surface area contributed by atoms with Crippen molar-refractivity contribution in [1.29, 1.82) is 0 Å². The van der Waals surface area contributed by atoms with Crippen LogP contribution in [0.15, 0.2) is 59.0 Å². The Balaban J connectivity index is 1.50. The van der Waals surface area contributed by atoms with Crippen LogP contribution in [0.4, 0.5) is 0 Å². The summed E-state index contributed by atoms with van der Waals surface area (Å²) in [5, 5.41) is 0. The highest BCUT2D eigenvalue weighted by Gasteiger charge is 2.30. The van der Waals surface area contributed by atoms with Gasteiger partial charge in [-0.05, 0) is 43.2 Å². The van der Waals surface area contributed by atoms with Crippen LogP contribution in [0.3, 0.4) is 0 Å². The standard InChI is InChI=1S/C19H21NO4S/c1-14-3-9-19(10-4-14)25(21,22)20-24-13-17-12-16(17)11-15-5-7-18(23-2)8-6-15/h3-11,17,20H,12-13H2,1-2H3/b16-11+. The van der Waals surface area contributed by atoms with Crippen LogP contribution in [0.5, 0.6) is 5.75 Å². The Morgan fingerprint density at radius 2 is 1.80 bits per heavy atom. The Kier molecular flexibility index (Phi) is 5.22. The molecule has 1 N–H and O–H groups in total. The molecular weight excluding hydrogens is 338 g/mol. The van der Waals surface area contributed by atoms with Gasteiger partial charge < -0.3 is 4.74 Å². The summed E-state index contributed by atoms with van der Waals surface area (Å²) in [7, 11) is -2.00. The van der Waals surface area contributed by atoms with Crippen molar-refractivity contribution < 1.29 is 18.0 Å². The van der Waals surface area contributed by atoms with Crippen LogP contribution in [-0.4, -0.2) is 22.1 Å². The first-order valence-corrected chi connectivity index (χ1v) is 9.51. The minimum atomic E-state index is -3.63. The van der Waals surface area contributed by atoms with Crippen LogP contribution in [0.25, 0.3) is 6.08 Å². The van der Waals surface area contributed by atoms with Crippen molar-refractivity contribution in [2.24, 2.45) is 5.92 Å². The molecule has 0 saturated heterocycles. The van der Waals surface area contributed by atoms with Crippen LogP contribution in [0.1, 0.15) is 17.5 Å². The first-order valence-electron chi connectivity index (χ1n) is 8.03. The molecule has 1 unspecified atom stereocenters. The normalized spacial score (nSPS) is 18.3. The molecule has 0 aliphatic heterocycles. The van der Waals surface area contributed by atoms with E-state index in [4.69, 9.17) is 9.57 Å². The molecule has 1 aliphatic rings. The monoisotopic (exact) mass is 359 g/mol. The fourth-order valence-corrected chi connectivity index (χ4v) is 3.27. The van der Waals surface area contributed by atoms with E-state index in [9.17, 15) is 8.42 Å². The summed E-state index contributed by atoms with van der Waals surface area (Å²) in [5.41, 5.74) is 3.35. The molecule has 2 aromatic rings. The summed E-state index contributed by atoms with van der Waals surface area (Å²) in [4.78, 5) is 7.60. The van der Waals surface area contributed by atoms with Crippen LogP contribution in [0.2, 0.25) is 0 Å². The Morgan fingerprint density at radius 1 is 1.12 bits per heavy atom. The minimum Gasteiger partial charge on any atom is -0.497 e. The van der Waals surface area contributed by atoms with E-state index in [0.29, 0.717) is 6.61 Å². The van der Waals surface area contributed by atoms with Gasteiger partial charge in [0.2, 0.25) is 0 Å². The Hall–Kier alpha value is -2.15. The number of nitrogens with one attached hydrogen (secondary N) is 1. The van der Waals surface area contributed by atoms with E-state index in [0.717, 1.165) is 23.3 Å². The third kappa shape index (κ3) is 4.69. The predicted octanol–water partition coefficient (Wildman–Crippen LogP) is 3.32. The molecule has 5 nitrogen and oxygen atoms in total. The molecule has 25 heavy (non-hydrogen) atoms. The summed E-state index contributed by atoms with van der Waals surface area (Å²) in [6.07, 6.45) is 3.01. The molecule has 1 fully saturated rings. The zero-order valence-corrected chi connectivity index (χ0v) is 15.0. The second-order valence-electron chi connectivity index (χ2n) is 6.10. The van der Waals surface area contributed by atoms with Gasteiger partial charge in [0.15, 0.2) is 0 Å². The van der Waals surface area contributed by atoms with Crippen molar-refractivity contribution >= 4 is 16.1 Å². The van der Waals surface area contributed by atoms with Crippen LogP contribution in [-0.2, 0) is 14.9 Å². The average Bonchev–Trinajstić information content (AvgIpc) is 3.33. The van der Waals surface area contributed by atoms with E-state index in [2.05, 4.69) is 11.0 Å². The Bertz CT molecular complexity index is 855. The molecule has 6 heteroatoms. The smallest absolute Gasteiger partial charge is 0.262 e. The number of hydrogen-bond acceptors (Lipinski definition) is 4. The van der Waals surface area contributed by atoms with Gasteiger partial charge in [0.05, 0.1) is 18.6 Å². The van der Waals surface area contributed by atoms with Crippen LogP contribution < -0.4 is 9.62 Å². The fourth-order valence-electron chi connectivity index (χ4n) is 2.46. The van der Waals surface area contributed by atoms with E-state index in [1.807, 2.05) is 31.2 Å². The lowest BCUT2D eigenvalue weighted by molar-refractivity contribution is 0.0867. The molecule has 1 atom stereocenters. The van der Waals surface area contributed by atoms with Crippen molar-refractivity contribution in [3.05, 3.63) is 65.2 Å². The summed E-state index contributed by atoms with van der Waals surface area (Å²) in [5.74, 6) is 1.08. The summed E-state index contributed by atoms with van der Waals surface area (Å²) < 4.78 is 29.4. The van der Waals surface area contributed by atoms with E-state index in [1.165, 1.54) is 5.57 Å². The highest BCUT2D eigenvalue weighted by atomic mass is 32.2. The molecule has 0 amide bonds. The van der Waals surface area contributed by atoms with Gasteiger partial charge >= 0.3 is 0 Å². The van der Waals surface area contributed by atoms with E-state index in [-0.39, 0.29) is 10.8 Å². The van der Waals surface area contributed by atoms with Gasteiger partial charge in [-0.3, -0.25) is 4.84 Å². The molecule has 1 saturated carbocycles. The second-order valence-corrected chi connectivity index (χ2v) is 7.75. The predicted molar refractivity (Wildman–Crippen MR) is 96.5 cm³/mol. The molecule has 0 aromatic heterocycles. The third-order valence-electron chi connectivity index (χ3n) is 4.10. The van der Waals surface area contributed by atoms with Crippen molar-refractivity contribution in [2.75, 3.05) is 13.7 Å². The van der Waals surface area contributed by atoms with Gasteiger partial charge in [-0.1, -0.05) is 46.4 Å². The maximum absolute atomic E-state index is 12.1. The maximum Gasteiger partial charge on any atom is 0.262 e. The zero-order chi connectivity index (χ0) is 17.9. The number of sulfonamides is 1. The molecule has 0 spiro atoms. The molecule has 3 rings (SSSR count). The largest absolute Gasteiger partial charge is 0.497 e. The maximum atomic E-state index is 12.1. The molecule has 1 aliphatic carbocycles. The minimum absolute atomic E-state index is 0.197. The fraction of sp³-hybridized carbons (Fsp3) is 0.263. The van der Waals surface area contributed by atoms with Gasteiger partial charge in [-0.25, -0.2) is 8.42 Å². The van der Waals surface area contributed by atoms with Gasteiger partial charge in [-0.15, -0.1) is 0 Å². The molecule has 0 heterocycles. The SMILES string of the molecule is COc1ccc(/C=C2\CC2CONS(=O)(=O)c2ccc(C)cc2)cc1. The number of aryl methyl sites for hydroxylation is 1. The van der Waals surface area contributed by atoms with Crippen molar-refractivity contribution in [1.82, 2.24) is 4.89 Å². The topological polar surface area (TPSA) is 64.6 Å². The van der Waals surface area contributed by atoms with E-state index >= 15 is 0 Å². The first-order chi connectivity index (χ1) is 12.0. The van der Waals surface area contributed by atoms with Crippen LogP contribution >= 0.6 is 0 Å². The number of ether oxygens (including phenoxy) is 1. The van der Waals surface area contributed by atoms with Crippen LogP contribution in [0, 0.1) is 12.8 Å². The number of hydrogen-bond donors (Lipinski definition) is 1. The average molecular weight is 359 g/mol. The Morgan fingerprint density at radius 3 is 2.44 bits per heavy atom. The van der Waals surface area contributed by atoms with E-state index < -0.39 is 10.0 Å². The summed E-state index contributed by atoms with van der Waals surface area (Å²) in [6, 6.07) is 14.4. The Labute approximate surface area is 148 Å². The molecular formula is C19H21NO4S. The number of rotatable bonds is 7. The number of methoxy groups -OCH3 is 1. The highest BCUT2D eigenvalue weighted by molar-refractivity contribution is 7.89. The van der Waals surface area contributed by atoms with Gasteiger partial charge in [0.1, 0.15) is 5.75 Å². The zero-order valence-electron chi connectivity index (χ0n) is 14.2. The molecule has 2 aromatic carbocycles. The van der Waals surface area contributed by atoms with Gasteiger partial charge in [0, 0.05) is 5.92 Å². The van der Waals surface area contributed by atoms with Crippen molar-refractivity contribution in [3.63, 3.8) is 0 Å². The summed E-state index contributed by atoms with van der Waals surface area (Å²) in [6.45, 7) is 2.23. The van der Waals surface area contributed by atoms with Gasteiger partial charge in [0.25, 0.3) is 10.0 Å². The molecule has 0 bridgehead atoms. The second kappa shape index (κ2) is 7.39. The lowest BCUT2D eigenvalue weighted by Gasteiger charge is -2.06. The van der Waals surface area contributed by atoms with E-state index in [1.54, 1.807) is 31.4 Å². The first kappa shape index (κ1) is 17.7. The highest BCUT2D eigenvalue weighted by Crippen LogP contribution is 2.39.